The zero-order valence-corrected chi connectivity index (χ0v) is 14.7. The lowest BCUT2D eigenvalue weighted by Gasteiger charge is -2.47. The van der Waals surface area contributed by atoms with Crippen LogP contribution in [-0.4, -0.2) is 49.7 Å². The molecule has 1 aliphatic carbocycles. The van der Waals surface area contributed by atoms with Crippen molar-refractivity contribution in [1.29, 1.82) is 0 Å². The SMILES string of the molecule is CN1CC=C2C=C3OCO[C@@H]3C=C2[C@@]12OCc1c(ccc3c1OCO3)C2=O. The second kappa shape index (κ2) is 5.22. The molecule has 138 valence electrons. The molecule has 1 spiro atoms. The molecule has 1 aromatic rings. The normalized spacial score (nSPS) is 30.8. The van der Waals surface area contributed by atoms with Gasteiger partial charge in [0.15, 0.2) is 18.3 Å². The van der Waals surface area contributed by atoms with E-state index in [4.69, 9.17) is 23.7 Å². The van der Waals surface area contributed by atoms with Crippen LogP contribution in [0.25, 0.3) is 0 Å². The van der Waals surface area contributed by atoms with Crippen molar-refractivity contribution in [2.45, 2.75) is 18.4 Å². The molecule has 0 saturated carbocycles. The zero-order valence-electron chi connectivity index (χ0n) is 14.7. The van der Waals surface area contributed by atoms with Gasteiger partial charge in [0, 0.05) is 23.2 Å². The van der Waals surface area contributed by atoms with Gasteiger partial charge in [-0.1, -0.05) is 6.08 Å². The largest absolute Gasteiger partial charge is 0.469 e. The topological polar surface area (TPSA) is 66.5 Å². The van der Waals surface area contributed by atoms with Gasteiger partial charge in [0.25, 0.3) is 0 Å². The molecule has 6 rings (SSSR count). The van der Waals surface area contributed by atoms with Gasteiger partial charge in [-0.05, 0) is 36.9 Å². The van der Waals surface area contributed by atoms with E-state index < -0.39 is 5.72 Å². The van der Waals surface area contributed by atoms with E-state index in [0.29, 0.717) is 23.6 Å². The lowest BCUT2D eigenvalue weighted by atomic mass is 9.79. The third-order valence-electron chi connectivity index (χ3n) is 5.79. The highest BCUT2D eigenvalue weighted by Gasteiger charge is 2.54. The summed E-state index contributed by atoms with van der Waals surface area (Å²) in [5, 5.41) is 0. The first-order valence-corrected chi connectivity index (χ1v) is 8.89. The molecular weight excluding hydrogens is 350 g/mol. The molecule has 0 radical (unpaired) electrons. The number of hydrogen-bond donors (Lipinski definition) is 0. The molecule has 0 N–H and O–H groups in total. The molecule has 7 heteroatoms. The maximum absolute atomic E-state index is 13.7. The molecule has 1 fully saturated rings. The fourth-order valence-electron chi connectivity index (χ4n) is 4.41. The predicted molar refractivity (Wildman–Crippen MR) is 92.1 cm³/mol. The second-order valence-electron chi connectivity index (χ2n) is 7.10. The Kier molecular flexibility index (Phi) is 2.99. The Hall–Kier alpha value is -2.61. The second-order valence-corrected chi connectivity index (χ2v) is 7.10. The van der Waals surface area contributed by atoms with Crippen LogP contribution in [0.5, 0.6) is 11.5 Å². The Balaban J connectivity index is 1.51. The van der Waals surface area contributed by atoms with E-state index in [1.165, 1.54) is 0 Å². The minimum Gasteiger partial charge on any atom is -0.469 e. The molecule has 5 aliphatic rings. The predicted octanol–water partition coefficient (Wildman–Crippen LogP) is 1.89. The van der Waals surface area contributed by atoms with E-state index in [2.05, 4.69) is 6.08 Å². The van der Waals surface area contributed by atoms with E-state index >= 15 is 0 Å². The Labute approximate surface area is 155 Å². The molecule has 2 atom stereocenters. The van der Waals surface area contributed by atoms with Crippen molar-refractivity contribution in [2.75, 3.05) is 27.2 Å². The number of carbonyl (C=O) groups is 1. The molecule has 0 unspecified atom stereocenters. The van der Waals surface area contributed by atoms with Gasteiger partial charge in [-0.15, -0.1) is 0 Å². The van der Waals surface area contributed by atoms with Gasteiger partial charge < -0.3 is 23.7 Å². The van der Waals surface area contributed by atoms with Gasteiger partial charge in [-0.25, -0.2) is 0 Å². The van der Waals surface area contributed by atoms with Gasteiger partial charge in [0.05, 0.1) is 6.61 Å². The highest BCUT2D eigenvalue weighted by molar-refractivity contribution is 6.08. The summed E-state index contributed by atoms with van der Waals surface area (Å²) in [5.41, 5.74) is 1.93. The Morgan fingerprint density at radius 2 is 2.11 bits per heavy atom. The van der Waals surface area contributed by atoms with Gasteiger partial charge in [-0.3, -0.25) is 9.69 Å². The highest BCUT2D eigenvalue weighted by atomic mass is 16.7. The van der Waals surface area contributed by atoms with Crippen molar-refractivity contribution in [1.82, 2.24) is 4.90 Å². The average Bonchev–Trinajstić information content (AvgIpc) is 3.34. The number of allylic oxidation sites excluding steroid dienone is 1. The minimum absolute atomic E-state index is 0.0998. The van der Waals surface area contributed by atoms with Crippen LogP contribution in [0.15, 0.2) is 47.3 Å². The molecule has 0 aromatic heterocycles. The Morgan fingerprint density at radius 3 is 3.04 bits per heavy atom. The summed E-state index contributed by atoms with van der Waals surface area (Å²) in [4.78, 5) is 15.7. The number of carbonyl (C=O) groups excluding carboxylic acids is 1. The van der Waals surface area contributed by atoms with Crippen LogP contribution < -0.4 is 9.47 Å². The van der Waals surface area contributed by atoms with Crippen LogP contribution in [0, 0.1) is 0 Å². The molecule has 0 bridgehead atoms. The maximum Gasteiger partial charge on any atom is 0.231 e. The Morgan fingerprint density at radius 1 is 1.19 bits per heavy atom. The number of fused-ring (bicyclic) bond motifs is 6. The average molecular weight is 367 g/mol. The number of likely N-dealkylation sites (N-methyl/N-ethyl adjacent to an activating group) is 1. The number of Topliss-reactive ketones (excluding diaryl/α,β-unsaturated/α-hetero) is 1. The van der Waals surface area contributed by atoms with Gasteiger partial charge in [0.1, 0.15) is 11.9 Å². The van der Waals surface area contributed by atoms with Crippen molar-refractivity contribution in [2.24, 2.45) is 0 Å². The van der Waals surface area contributed by atoms with E-state index in [1.807, 2.05) is 24.1 Å². The molecule has 7 nitrogen and oxygen atoms in total. The van der Waals surface area contributed by atoms with Crippen LogP contribution in [-0.2, 0) is 20.8 Å². The molecule has 4 aliphatic heterocycles. The molecule has 0 amide bonds. The van der Waals surface area contributed by atoms with Crippen molar-refractivity contribution >= 4 is 5.78 Å². The summed E-state index contributed by atoms with van der Waals surface area (Å²) >= 11 is 0. The summed E-state index contributed by atoms with van der Waals surface area (Å²) in [7, 11) is 1.90. The molecule has 1 saturated heterocycles. The summed E-state index contributed by atoms with van der Waals surface area (Å²) in [5.74, 6) is 1.94. The lowest BCUT2D eigenvalue weighted by molar-refractivity contribution is -0.103. The standard InChI is InChI=1S/C20H17NO6/c1-21-5-4-11-6-16-17(25-9-24-16)7-14(11)20(21)19(22)12-2-3-15-18(26-10-23-15)13(12)8-27-20/h2-4,6-7,17H,5,8-10H2,1H3/t17-,20+/m1/s1. The monoisotopic (exact) mass is 367 g/mol. The van der Waals surface area contributed by atoms with Gasteiger partial charge >= 0.3 is 0 Å². The number of nitrogens with zero attached hydrogens (tertiary/aromatic N) is 1. The van der Waals surface area contributed by atoms with E-state index in [1.54, 1.807) is 12.1 Å². The quantitative estimate of drug-likeness (QED) is 0.694. The number of rotatable bonds is 0. The smallest absolute Gasteiger partial charge is 0.231 e. The van der Waals surface area contributed by atoms with Crippen LogP contribution in [0.4, 0.5) is 0 Å². The number of ketones is 1. The third kappa shape index (κ3) is 1.88. The maximum atomic E-state index is 13.7. The van der Waals surface area contributed by atoms with Crippen LogP contribution >= 0.6 is 0 Å². The van der Waals surface area contributed by atoms with Gasteiger partial charge in [0.2, 0.25) is 18.3 Å². The first-order valence-electron chi connectivity index (χ1n) is 8.89. The molecule has 1 aromatic carbocycles. The van der Waals surface area contributed by atoms with E-state index in [0.717, 1.165) is 22.5 Å². The van der Waals surface area contributed by atoms with Crippen molar-refractivity contribution in [3.05, 3.63) is 58.4 Å². The minimum atomic E-state index is -1.18. The third-order valence-corrected chi connectivity index (χ3v) is 5.79. The van der Waals surface area contributed by atoms with Crippen LogP contribution in [0.2, 0.25) is 0 Å². The summed E-state index contributed by atoms with van der Waals surface area (Å²) in [6.07, 6.45) is 5.69. The molecule has 27 heavy (non-hydrogen) atoms. The first kappa shape index (κ1) is 15.4. The van der Waals surface area contributed by atoms with Gasteiger partial charge in [-0.2, -0.15) is 0 Å². The van der Waals surface area contributed by atoms with E-state index in [-0.39, 0.29) is 32.1 Å². The van der Waals surface area contributed by atoms with Crippen molar-refractivity contribution in [3.63, 3.8) is 0 Å². The lowest BCUT2D eigenvalue weighted by Crippen LogP contribution is -2.60. The van der Waals surface area contributed by atoms with Crippen LogP contribution in [0.1, 0.15) is 15.9 Å². The number of ether oxygens (including phenoxy) is 5. The first-order chi connectivity index (χ1) is 13.2. The van der Waals surface area contributed by atoms with Crippen molar-refractivity contribution < 1.29 is 28.5 Å². The molecule has 4 heterocycles. The van der Waals surface area contributed by atoms with Crippen molar-refractivity contribution in [3.8, 4) is 11.5 Å². The number of benzene rings is 1. The summed E-state index contributed by atoms with van der Waals surface area (Å²) < 4.78 is 28.5. The highest BCUT2D eigenvalue weighted by Crippen LogP contribution is 2.48. The number of hydrogen-bond acceptors (Lipinski definition) is 7. The Bertz CT molecular complexity index is 977. The summed E-state index contributed by atoms with van der Waals surface area (Å²) in [6, 6.07) is 3.60. The summed E-state index contributed by atoms with van der Waals surface area (Å²) in [6.45, 7) is 1.24. The zero-order chi connectivity index (χ0) is 18.2. The molecular formula is C20H17NO6. The van der Waals surface area contributed by atoms with Crippen LogP contribution in [0.3, 0.4) is 0 Å². The van der Waals surface area contributed by atoms with E-state index in [9.17, 15) is 4.79 Å². The fraction of sp³-hybridized carbons (Fsp3) is 0.350. The fourth-order valence-corrected chi connectivity index (χ4v) is 4.41.